The summed E-state index contributed by atoms with van der Waals surface area (Å²) in [4.78, 5) is 36.6. The van der Waals surface area contributed by atoms with Gasteiger partial charge in [-0.1, -0.05) is 12.1 Å². The van der Waals surface area contributed by atoms with E-state index in [2.05, 4.69) is 0 Å². The van der Waals surface area contributed by atoms with Crippen molar-refractivity contribution in [1.29, 1.82) is 0 Å². The number of phenols is 2. The van der Waals surface area contributed by atoms with Gasteiger partial charge in [-0.2, -0.15) is 0 Å². The van der Waals surface area contributed by atoms with Crippen LogP contribution in [0.3, 0.4) is 0 Å². The number of morpholine rings is 1. The molecular formula is C20H19NO7. The molecule has 0 saturated carbocycles. The van der Waals surface area contributed by atoms with Gasteiger partial charge in [-0.3, -0.25) is 14.4 Å². The first kappa shape index (κ1) is 19.4. The monoisotopic (exact) mass is 385 g/mol. The number of nitrogens with zero attached hydrogens (tertiary/aromatic N) is 1. The van der Waals surface area contributed by atoms with Gasteiger partial charge >= 0.3 is 0 Å². The Morgan fingerprint density at radius 3 is 2.50 bits per heavy atom. The highest BCUT2D eigenvalue weighted by atomic mass is 16.5. The molecule has 146 valence electrons. The van der Waals surface area contributed by atoms with Crippen LogP contribution < -0.4 is 4.74 Å². The first-order valence-corrected chi connectivity index (χ1v) is 8.63. The lowest BCUT2D eigenvalue weighted by Gasteiger charge is -2.33. The number of ether oxygens (including phenoxy) is 2. The van der Waals surface area contributed by atoms with Gasteiger partial charge in [-0.25, -0.2) is 0 Å². The quantitative estimate of drug-likeness (QED) is 0.727. The number of hydrogen-bond donors (Lipinski definition) is 2. The maximum atomic E-state index is 12.8. The number of benzene rings is 2. The summed E-state index contributed by atoms with van der Waals surface area (Å²) in [7, 11) is 0. The summed E-state index contributed by atoms with van der Waals surface area (Å²) in [6.07, 6.45) is 0.494. The fourth-order valence-corrected chi connectivity index (χ4v) is 3.00. The molecule has 0 aromatic heterocycles. The standard InChI is InChI=1S/C20H19NO7/c22-10-15-14(3-1-4-17(15)24)20(26)21-7-8-27-13(9-21)12-28-19-6-2-5-18(25)16(19)11-23/h1-6,10-11,13,24-25H,7-9,12H2/t13-/m1/s1. The molecule has 2 aromatic carbocycles. The van der Waals surface area contributed by atoms with E-state index in [9.17, 15) is 24.6 Å². The third kappa shape index (κ3) is 3.96. The van der Waals surface area contributed by atoms with E-state index in [0.29, 0.717) is 19.1 Å². The summed E-state index contributed by atoms with van der Waals surface area (Å²) in [6.45, 7) is 0.876. The molecule has 1 fully saturated rings. The Morgan fingerprint density at radius 1 is 1.11 bits per heavy atom. The van der Waals surface area contributed by atoms with Crippen molar-refractivity contribution in [2.24, 2.45) is 0 Å². The third-order valence-corrected chi connectivity index (χ3v) is 4.44. The van der Waals surface area contributed by atoms with Crippen LogP contribution in [0.5, 0.6) is 17.2 Å². The minimum Gasteiger partial charge on any atom is -0.507 e. The van der Waals surface area contributed by atoms with Gasteiger partial charge in [0.2, 0.25) is 0 Å². The molecular weight excluding hydrogens is 366 g/mol. The van der Waals surface area contributed by atoms with Crippen molar-refractivity contribution in [3.63, 3.8) is 0 Å². The number of hydrogen-bond acceptors (Lipinski definition) is 7. The number of amides is 1. The highest BCUT2D eigenvalue weighted by Gasteiger charge is 2.27. The molecule has 3 rings (SSSR count). The van der Waals surface area contributed by atoms with Crippen LogP contribution in [-0.4, -0.2) is 66.0 Å². The number of aldehydes is 2. The molecule has 0 unspecified atom stereocenters. The molecule has 1 aliphatic rings. The number of carbonyl (C=O) groups is 3. The molecule has 2 N–H and O–H groups in total. The largest absolute Gasteiger partial charge is 0.507 e. The Balaban J connectivity index is 1.69. The van der Waals surface area contributed by atoms with E-state index in [1.807, 2.05) is 0 Å². The predicted molar refractivity (Wildman–Crippen MR) is 98.1 cm³/mol. The summed E-state index contributed by atoms with van der Waals surface area (Å²) in [5, 5.41) is 19.5. The van der Waals surface area contributed by atoms with Gasteiger partial charge in [0.25, 0.3) is 5.91 Å². The number of carbonyl (C=O) groups excluding carboxylic acids is 3. The second-order valence-corrected chi connectivity index (χ2v) is 6.22. The Morgan fingerprint density at radius 2 is 1.79 bits per heavy atom. The summed E-state index contributed by atoms with van der Waals surface area (Å²) < 4.78 is 11.2. The van der Waals surface area contributed by atoms with Crippen molar-refractivity contribution in [3.8, 4) is 17.2 Å². The van der Waals surface area contributed by atoms with E-state index in [4.69, 9.17) is 9.47 Å². The SMILES string of the molecule is O=Cc1c(O)cccc1OC[C@H]1CN(C(=O)c2cccc(O)c2C=O)CCO1. The lowest BCUT2D eigenvalue weighted by atomic mass is 10.1. The minimum absolute atomic E-state index is 0.0432. The number of rotatable bonds is 6. The summed E-state index contributed by atoms with van der Waals surface area (Å²) in [5.41, 5.74) is 0.108. The van der Waals surface area contributed by atoms with Crippen LogP contribution in [0.1, 0.15) is 31.1 Å². The van der Waals surface area contributed by atoms with Crippen molar-refractivity contribution >= 4 is 18.5 Å². The normalized spacial score (nSPS) is 16.4. The van der Waals surface area contributed by atoms with Crippen molar-refractivity contribution < 1.29 is 34.1 Å². The molecule has 8 nitrogen and oxygen atoms in total. The molecule has 2 aromatic rings. The Bertz CT molecular complexity index is 896. The molecule has 1 aliphatic heterocycles. The van der Waals surface area contributed by atoms with Crippen LogP contribution in [0.15, 0.2) is 36.4 Å². The van der Waals surface area contributed by atoms with Crippen molar-refractivity contribution in [2.45, 2.75) is 6.10 Å². The van der Waals surface area contributed by atoms with Gasteiger partial charge in [-0.05, 0) is 24.3 Å². The van der Waals surface area contributed by atoms with Crippen LogP contribution in [0.2, 0.25) is 0 Å². The van der Waals surface area contributed by atoms with E-state index >= 15 is 0 Å². The summed E-state index contributed by atoms with van der Waals surface area (Å²) >= 11 is 0. The average molecular weight is 385 g/mol. The van der Waals surface area contributed by atoms with E-state index in [1.54, 1.807) is 12.1 Å². The average Bonchev–Trinajstić information content (AvgIpc) is 2.71. The molecule has 1 amide bonds. The highest BCUT2D eigenvalue weighted by molar-refractivity contribution is 6.02. The highest BCUT2D eigenvalue weighted by Crippen LogP contribution is 2.26. The van der Waals surface area contributed by atoms with Gasteiger partial charge in [0, 0.05) is 6.54 Å². The van der Waals surface area contributed by atoms with E-state index in [0.717, 1.165) is 0 Å². The van der Waals surface area contributed by atoms with Crippen molar-refractivity contribution in [2.75, 3.05) is 26.3 Å². The van der Waals surface area contributed by atoms with Gasteiger partial charge in [0.1, 0.15) is 30.0 Å². The number of phenolic OH excluding ortho intramolecular Hbond substituents is 2. The van der Waals surface area contributed by atoms with E-state index < -0.39 is 12.0 Å². The minimum atomic E-state index is -0.462. The topological polar surface area (TPSA) is 113 Å². The molecule has 1 heterocycles. The predicted octanol–water partition coefficient (Wildman–Crippen LogP) is 1.64. The molecule has 1 atom stereocenters. The van der Waals surface area contributed by atoms with Gasteiger partial charge in [-0.15, -0.1) is 0 Å². The maximum Gasteiger partial charge on any atom is 0.254 e. The Labute approximate surface area is 160 Å². The molecule has 0 bridgehead atoms. The van der Waals surface area contributed by atoms with Gasteiger partial charge < -0.3 is 24.6 Å². The molecule has 0 spiro atoms. The number of aromatic hydroxyl groups is 2. The van der Waals surface area contributed by atoms with E-state index in [1.165, 1.54) is 29.2 Å². The van der Waals surface area contributed by atoms with Crippen molar-refractivity contribution in [1.82, 2.24) is 4.90 Å². The second kappa shape index (κ2) is 8.53. The van der Waals surface area contributed by atoms with Crippen molar-refractivity contribution in [3.05, 3.63) is 53.1 Å². The van der Waals surface area contributed by atoms with Gasteiger partial charge in [0.05, 0.1) is 29.8 Å². The molecule has 28 heavy (non-hydrogen) atoms. The molecule has 8 heteroatoms. The first-order valence-electron chi connectivity index (χ1n) is 8.63. The summed E-state index contributed by atoms with van der Waals surface area (Å²) in [5.74, 6) is -0.603. The zero-order chi connectivity index (χ0) is 20.1. The first-order chi connectivity index (χ1) is 13.5. The maximum absolute atomic E-state index is 12.8. The lowest BCUT2D eigenvalue weighted by molar-refractivity contribution is -0.0402. The van der Waals surface area contributed by atoms with Crippen LogP contribution in [0.4, 0.5) is 0 Å². The smallest absolute Gasteiger partial charge is 0.254 e. The van der Waals surface area contributed by atoms with Crippen LogP contribution >= 0.6 is 0 Å². The molecule has 0 aliphatic carbocycles. The second-order valence-electron chi connectivity index (χ2n) is 6.22. The van der Waals surface area contributed by atoms with Crippen LogP contribution in [0.25, 0.3) is 0 Å². The van der Waals surface area contributed by atoms with Crippen LogP contribution in [0, 0.1) is 0 Å². The van der Waals surface area contributed by atoms with Crippen LogP contribution in [-0.2, 0) is 4.74 Å². The Kier molecular flexibility index (Phi) is 5.90. The third-order valence-electron chi connectivity index (χ3n) is 4.44. The summed E-state index contributed by atoms with van der Waals surface area (Å²) in [6, 6.07) is 8.82. The zero-order valence-corrected chi connectivity index (χ0v) is 14.9. The van der Waals surface area contributed by atoms with Gasteiger partial charge in [0.15, 0.2) is 12.6 Å². The van der Waals surface area contributed by atoms with E-state index in [-0.39, 0.29) is 53.7 Å². The Hall–Kier alpha value is -3.39. The lowest BCUT2D eigenvalue weighted by Crippen LogP contribution is -2.47. The molecule has 0 radical (unpaired) electrons. The fourth-order valence-electron chi connectivity index (χ4n) is 3.00. The fraction of sp³-hybridized carbons (Fsp3) is 0.250. The molecule has 1 saturated heterocycles. The zero-order valence-electron chi connectivity index (χ0n) is 14.9.